The van der Waals surface area contributed by atoms with Crippen molar-refractivity contribution in [3.05, 3.63) is 0 Å². The van der Waals surface area contributed by atoms with Crippen LogP contribution in [0.25, 0.3) is 0 Å². The summed E-state index contributed by atoms with van der Waals surface area (Å²) in [4.78, 5) is 12.3. The Balaban J connectivity index is 2.47. The minimum Gasteiger partial charge on any atom is -0.302 e. The van der Waals surface area contributed by atoms with Crippen molar-refractivity contribution in [2.24, 2.45) is 0 Å². The lowest BCUT2D eigenvalue weighted by atomic mass is 10.2. The zero-order chi connectivity index (χ0) is 8.10. The largest absolute Gasteiger partial charge is 0.302 e. The molecule has 0 spiro atoms. The van der Waals surface area contributed by atoms with Crippen molar-refractivity contribution < 1.29 is 4.79 Å². The molecule has 0 saturated carbocycles. The average Bonchev–Trinajstić information content (AvgIpc) is 2.39. The maximum absolute atomic E-state index is 10.2. The molecule has 1 saturated heterocycles. The van der Waals surface area contributed by atoms with Gasteiger partial charge in [-0.2, -0.15) is 0 Å². The zero-order valence-electron chi connectivity index (χ0n) is 6.84. The number of carbonyl (C=O) groups excluding carboxylic acids is 1. The Morgan fingerprint density at radius 1 is 1.73 bits per heavy atom. The molecule has 0 unspecified atom stereocenters. The lowest BCUT2D eigenvalue weighted by Gasteiger charge is -2.15. The SMILES string of the molecule is CC#C[C@H]1CCCN1CC=O. The second kappa shape index (κ2) is 4.15. The molecule has 0 aliphatic carbocycles. The van der Waals surface area contributed by atoms with Gasteiger partial charge in [-0.1, -0.05) is 5.92 Å². The third kappa shape index (κ3) is 2.06. The number of carbonyl (C=O) groups is 1. The van der Waals surface area contributed by atoms with Crippen LogP contribution in [0.3, 0.4) is 0 Å². The summed E-state index contributed by atoms with van der Waals surface area (Å²) in [6.45, 7) is 3.41. The highest BCUT2D eigenvalue weighted by Gasteiger charge is 2.21. The molecule has 1 rings (SSSR count). The molecule has 0 aromatic heterocycles. The van der Waals surface area contributed by atoms with Crippen LogP contribution in [0.4, 0.5) is 0 Å². The third-order valence-corrected chi connectivity index (χ3v) is 1.98. The Labute approximate surface area is 67.6 Å². The number of hydrogen-bond donors (Lipinski definition) is 0. The first kappa shape index (κ1) is 8.29. The summed E-state index contributed by atoms with van der Waals surface area (Å²) in [5, 5.41) is 0. The van der Waals surface area contributed by atoms with E-state index in [-0.39, 0.29) is 0 Å². The van der Waals surface area contributed by atoms with E-state index in [2.05, 4.69) is 16.7 Å². The van der Waals surface area contributed by atoms with Crippen molar-refractivity contribution in [3.63, 3.8) is 0 Å². The van der Waals surface area contributed by atoms with E-state index in [9.17, 15) is 4.79 Å². The minimum absolute atomic E-state index is 0.338. The molecule has 0 bridgehead atoms. The Morgan fingerprint density at radius 3 is 3.18 bits per heavy atom. The summed E-state index contributed by atoms with van der Waals surface area (Å²) in [6.07, 6.45) is 3.25. The van der Waals surface area contributed by atoms with E-state index in [1.807, 2.05) is 6.92 Å². The molecule has 1 aliphatic rings. The van der Waals surface area contributed by atoms with Crippen LogP contribution < -0.4 is 0 Å². The Hall–Kier alpha value is -0.810. The van der Waals surface area contributed by atoms with Crippen LogP contribution in [-0.4, -0.2) is 30.3 Å². The van der Waals surface area contributed by atoms with Gasteiger partial charge >= 0.3 is 0 Å². The van der Waals surface area contributed by atoms with Crippen molar-refractivity contribution in [2.45, 2.75) is 25.8 Å². The molecule has 2 heteroatoms. The van der Waals surface area contributed by atoms with Gasteiger partial charge in [-0.25, -0.2) is 0 Å². The molecule has 0 aromatic rings. The first-order chi connectivity index (χ1) is 5.38. The monoisotopic (exact) mass is 151 g/mol. The van der Waals surface area contributed by atoms with Crippen LogP contribution >= 0.6 is 0 Å². The molecule has 1 aliphatic heterocycles. The molecule has 1 heterocycles. The maximum Gasteiger partial charge on any atom is 0.134 e. The number of likely N-dealkylation sites (tertiary alicyclic amines) is 1. The van der Waals surface area contributed by atoms with Crippen LogP contribution in [0.2, 0.25) is 0 Å². The fourth-order valence-electron chi connectivity index (χ4n) is 1.47. The summed E-state index contributed by atoms with van der Waals surface area (Å²) < 4.78 is 0. The van der Waals surface area contributed by atoms with Gasteiger partial charge in [0.2, 0.25) is 0 Å². The minimum atomic E-state index is 0.338. The summed E-state index contributed by atoms with van der Waals surface area (Å²) >= 11 is 0. The lowest BCUT2D eigenvalue weighted by Crippen LogP contribution is -2.29. The van der Waals surface area contributed by atoms with Crippen molar-refractivity contribution >= 4 is 6.29 Å². The molecule has 1 fully saturated rings. The topological polar surface area (TPSA) is 20.3 Å². The van der Waals surface area contributed by atoms with Crippen LogP contribution in [-0.2, 0) is 4.79 Å². The maximum atomic E-state index is 10.2. The molecule has 0 N–H and O–H groups in total. The van der Waals surface area contributed by atoms with E-state index in [0.29, 0.717) is 12.6 Å². The average molecular weight is 151 g/mol. The fraction of sp³-hybridized carbons (Fsp3) is 0.667. The highest BCUT2D eigenvalue weighted by molar-refractivity contribution is 5.52. The fourth-order valence-corrected chi connectivity index (χ4v) is 1.47. The molecular weight excluding hydrogens is 138 g/mol. The lowest BCUT2D eigenvalue weighted by molar-refractivity contribution is -0.108. The van der Waals surface area contributed by atoms with Crippen LogP contribution in [0.1, 0.15) is 19.8 Å². The van der Waals surface area contributed by atoms with Gasteiger partial charge in [-0.15, -0.1) is 5.92 Å². The Morgan fingerprint density at radius 2 is 2.55 bits per heavy atom. The number of aldehydes is 1. The van der Waals surface area contributed by atoms with Gasteiger partial charge in [0.05, 0.1) is 12.6 Å². The number of hydrogen-bond acceptors (Lipinski definition) is 2. The van der Waals surface area contributed by atoms with Gasteiger partial charge in [0.25, 0.3) is 0 Å². The van der Waals surface area contributed by atoms with Crippen molar-refractivity contribution in [2.75, 3.05) is 13.1 Å². The first-order valence-electron chi connectivity index (χ1n) is 3.98. The van der Waals surface area contributed by atoms with Crippen LogP contribution in [0.5, 0.6) is 0 Å². The smallest absolute Gasteiger partial charge is 0.134 e. The highest BCUT2D eigenvalue weighted by Crippen LogP contribution is 2.14. The highest BCUT2D eigenvalue weighted by atomic mass is 16.1. The van der Waals surface area contributed by atoms with Crippen LogP contribution in [0.15, 0.2) is 0 Å². The molecule has 11 heavy (non-hydrogen) atoms. The Kier molecular flexibility index (Phi) is 3.13. The molecule has 0 amide bonds. The van der Waals surface area contributed by atoms with Gasteiger partial charge in [-0.05, 0) is 26.3 Å². The summed E-state index contributed by atoms with van der Waals surface area (Å²) in [5.74, 6) is 5.99. The quantitative estimate of drug-likeness (QED) is 0.427. The molecule has 1 atom stereocenters. The molecule has 0 aromatic carbocycles. The van der Waals surface area contributed by atoms with Gasteiger partial charge in [0.1, 0.15) is 6.29 Å². The summed E-state index contributed by atoms with van der Waals surface area (Å²) in [6, 6.07) is 0.338. The van der Waals surface area contributed by atoms with E-state index in [1.54, 1.807) is 0 Å². The molecular formula is C9H13NO. The van der Waals surface area contributed by atoms with E-state index in [0.717, 1.165) is 19.3 Å². The number of nitrogens with zero attached hydrogens (tertiary/aromatic N) is 1. The summed E-state index contributed by atoms with van der Waals surface area (Å²) in [5.41, 5.74) is 0. The van der Waals surface area contributed by atoms with Crippen molar-refractivity contribution in [1.29, 1.82) is 0 Å². The van der Waals surface area contributed by atoms with Crippen molar-refractivity contribution in [3.8, 4) is 11.8 Å². The van der Waals surface area contributed by atoms with E-state index in [4.69, 9.17) is 0 Å². The zero-order valence-corrected chi connectivity index (χ0v) is 6.84. The normalized spacial score (nSPS) is 24.3. The van der Waals surface area contributed by atoms with Crippen LogP contribution in [0, 0.1) is 11.8 Å². The predicted molar refractivity (Wildman–Crippen MR) is 44.1 cm³/mol. The first-order valence-corrected chi connectivity index (χ1v) is 3.98. The van der Waals surface area contributed by atoms with Gasteiger partial charge < -0.3 is 4.79 Å². The Bertz CT molecular complexity index is 189. The second-order valence-corrected chi connectivity index (χ2v) is 2.71. The standard InChI is InChI=1S/C9H13NO/c1-2-4-9-5-3-6-10(9)7-8-11/h8-9H,3,5-7H2,1H3/t9-/m0/s1. The molecule has 2 nitrogen and oxygen atoms in total. The van der Waals surface area contributed by atoms with E-state index in [1.165, 1.54) is 6.42 Å². The molecule has 60 valence electrons. The predicted octanol–water partition coefficient (Wildman–Crippen LogP) is 0.673. The third-order valence-electron chi connectivity index (χ3n) is 1.98. The number of rotatable bonds is 2. The second-order valence-electron chi connectivity index (χ2n) is 2.71. The van der Waals surface area contributed by atoms with Crippen molar-refractivity contribution in [1.82, 2.24) is 4.90 Å². The van der Waals surface area contributed by atoms with Gasteiger partial charge in [0.15, 0.2) is 0 Å². The van der Waals surface area contributed by atoms with E-state index < -0.39 is 0 Å². The molecule has 0 radical (unpaired) electrons. The van der Waals surface area contributed by atoms with Gasteiger partial charge in [-0.3, -0.25) is 4.90 Å². The summed E-state index contributed by atoms with van der Waals surface area (Å²) in [7, 11) is 0. The van der Waals surface area contributed by atoms with E-state index >= 15 is 0 Å². The van der Waals surface area contributed by atoms with Gasteiger partial charge in [0, 0.05) is 0 Å².